The van der Waals surface area contributed by atoms with E-state index in [1.165, 1.54) is 10.9 Å². The molecule has 1 atom stereocenters. The van der Waals surface area contributed by atoms with E-state index in [0.717, 1.165) is 13.0 Å². The molecule has 3 heteroatoms. The second-order valence-corrected chi connectivity index (χ2v) is 4.77. The number of aromatic nitrogens is 2. The van der Waals surface area contributed by atoms with E-state index in [1.807, 2.05) is 6.20 Å². The average molecular weight is 231 g/mol. The summed E-state index contributed by atoms with van der Waals surface area (Å²) in [4.78, 5) is 0. The fourth-order valence-electron chi connectivity index (χ4n) is 2.06. The molecule has 0 saturated heterocycles. The van der Waals surface area contributed by atoms with Crippen LogP contribution in [0.3, 0.4) is 0 Å². The maximum absolute atomic E-state index is 4.52. The number of fused-ring (bicyclic) bond motifs is 1. The van der Waals surface area contributed by atoms with Crippen LogP contribution in [0.15, 0.2) is 30.5 Å². The van der Waals surface area contributed by atoms with Crippen molar-refractivity contribution in [2.45, 2.75) is 39.3 Å². The van der Waals surface area contributed by atoms with E-state index in [0.29, 0.717) is 12.1 Å². The van der Waals surface area contributed by atoms with Crippen molar-refractivity contribution in [1.82, 2.24) is 15.1 Å². The van der Waals surface area contributed by atoms with Gasteiger partial charge in [-0.25, -0.2) is 0 Å². The predicted octanol–water partition coefficient (Wildman–Crippen LogP) is 2.99. The standard InChI is InChI=1S/C14H21N3/c1-4-13(10-15-11(2)3)17-14-8-6-5-7-12(14)9-16-17/h5-9,11,13,15H,4,10H2,1-3H3. The lowest BCUT2D eigenvalue weighted by atomic mass is 10.2. The highest BCUT2D eigenvalue weighted by molar-refractivity contribution is 5.78. The van der Waals surface area contributed by atoms with Gasteiger partial charge in [0, 0.05) is 18.0 Å². The van der Waals surface area contributed by atoms with Crippen LogP contribution < -0.4 is 5.32 Å². The Balaban J connectivity index is 2.24. The molecule has 0 fully saturated rings. The van der Waals surface area contributed by atoms with Crippen molar-refractivity contribution < 1.29 is 0 Å². The van der Waals surface area contributed by atoms with Crippen LogP contribution in [0.2, 0.25) is 0 Å². The first-order valence-electron chi connectivity index (χ1n) is 6.38. The molecule has 2 aromatic rings. The van der Waals surface area contributed by atoms with E-state index >= 15 is 0 Å². The minimum atomic E-state index is 0.428. The molecule has 0 amide bonds. The Kier molecular flexibility index (Phi) is 3.79. The highest BCUT2D eigenvalue weighted by Gasteiger charge is 2.12. The Hall–Kier alpha value is -1.35. The molecular weight excluding hydrogens is 210 g/mol. The lowest BCUT2D eigenvalue weighted by Gasteiger charge is -2.19. The van der Waals surface area contributed by atoms with Gasteiger partial charge in [-0.2, -0.15) is 5.10 Å². The van der Waals surface area contributed by atoms with Gasteiger partial charge in [-0.15, -0.1) is 0 Å². The molecule has 0 bridgehead atoms. The molecule has 17 heavy (non-hydrogen) atoms. The first kappa shape index (κ1) is 12.1. The second-order valence-electron chi connectivity index (χ2n) is 4.77. The summed E-state index contributed by atoms with van der Waals surface area (Å²) in [5.74, 6) is 0. The zero-order valence-corrected chi connectivity index (χ0v) is 10.9. The number of nitrogens with one attached hydrogen (secondary N) is 1. The van der Waals surface area contributed by atoms with Crippen molar-refractivity contribution in [2.24, 2.45) is 0 Å². The molecule has 0 aliphatic rings. The smallest absolute Gasteiger partial charge is 0.0686 e. The molecule has 0 aliphatic carbocycles. The Morgan fingerprint density at radius 2 is 2.06 bits per heavy atom. The topological polar surface area (TPSA) is 29.9 Å². The summed E-state index contributed by atoms with van der Waals surface area (Å²) in [5, 5.41) is 9.23. The van der Waals surface area contributed by atoms with Crippen molar-refractivity contribution >= 4 is 10.9 Å². The molecule has 3 nitrogen and oxygen atoms in total. The van der Waals surface area contributed by atoms with Gasteiger partial charge in [-0.3, -0.25) is 4.68 Å². The van der Waals surface area contributed by atoms with Crippen molar-refractivity contribution in [1.29, 1.82) is 0 Å². The van der Waals surface area contributed by atoms with Crippen LogP contribution >= 0.6 is 0 Å². The number of hydrogen-bond acceptors (Lipinski definition) is 2. The molecule has 92 valence electrons. The Bertz CT molecular complexity index is 473. The zero-order chi connectivity index (χ0) is 12.3. The molecule has 1 unspecified atom stereocenters. The first-order valence-corrected chi connectivity index (χ1v) is 6.38. The van der Waals surface area contributed by atoms with Crippen LogP contribution in [0.1, 0.15) is 33.2 Å². The monoisotopic (exact) mass is 231 g/mol. The maximum atomic E-state index is 4.52. The molecule has 0 spiro atoms. The highest BCUT2D eigenvalue weighted by atomic mass is 15.3. The molecule has 2 rings (SSSR count). The Labute approximate surface area is 103 Å². The third kappa shape index (κ3) is 2.67. The van der Waals surface area contributed by atoms with Gasteiger partial charge >= 0.3 is 0 Å². The molecule has 0 aliphatic heterocycles. The summed E-state index contributed by atoms with van der Waals surface area (Å²) in [6.45, 7) is 7.53. The van der Waals surface area contributed by atoms with Gasteiger partial charge < -0.3 is 5.32 Å². The molecule has 0 saturated carbocycles. The summed E-state index contributed by atoms with van der Waals surface area (Å²) in [6, 6.07) is 9.33. The maximum Gasteiger partial charge on any atom is 0.0686 e. The Morgan fingerprint density at radius 3 is 2.76 bits per heavy atom. The second kappa shape index (κ2) is 5.32. The van der Waals surface area contributed by atoms with Gasteiger partial charge in [0.05, 0.1) is 17.8 Å². The van der Waals surface area contributed by atoms with Crippen molar-refractivity contribution in [3.05, 3.63) is 30.5 Å². The van der Waals surface area contributed by atoms with Crippen LogP contribution in [0, 0.1) is 0 Å². The SMILES string of the molecule is CCC(CNC(C)C)n1ncc2ccccc21. The third-order valence-corrected chi connectivity index (χ3v) is 3.08. The van der Waals surface area contributed by atoms with Crippen LogP contribution in [-0.2, 0) is 0 Å². The van der Waals surface area contributed by atoms with E-state index in [9.17, 15) is 0 Å². The van der Waals surface area contributed by atoms with Crippen LogP contribution in [-0.4, -0.2) is 22.4 Å². The van der Waals surface area contributed by atoms with Crippen molar-refractivity contribution in [3.63, 3.8) is 0 Å². The molecule has 1 aromatic heterocycles. The van der Waals surface area contributed by atoms with Gasteiger partial charge in [-0.1, -0.05) is 39.0 Å². The van der Waals surface area contributed by atoms with E-state index < -0.39 is 0 Å². The van der Waals surface area contributed by atoms with Gasteiger partial charge in [0.2, 0.25) is 0 Å². The fourth-order valence-corrected chi connectivity index (χ4v) is 2.06. The van der Waals surface area contributed by atoms with Crippen LogP contribution in [0.4, 0.5) is 0 Å². The van der Waals surface area contributed by atoms with Gasteiger partial charge in [-0.05, 0) is 12.5 Å². The molecule has 0 radical (unpaired) electrons. The van der Waals surface area contributed by atoms with Crippen LogP contribution in [0.5, 0.6) is 0 Å². The minimum absolute atomic E-state index is 0.428. The number of rotatable bonds is 5. The molecular formula is C14H21N3. The quantitative estimate of drug-likeness (QED) is 0.857. The fraction of sp³-hybridized carbons (Fsp3) is 0.500. The predicted molar refractivity (Wildman–Crippen MR) is 72.2 cm³/mol. The summed E-state index contributed by atoms with van der Waals surface area (Å²) in [5.41, 5.74) is 1.23. The average Bonchev–Trinajstić information content (AvgIpc) is 2.74. The van der Waals surface area contributed by atoms with E-state index in [-0.39, 0.29) is 0 Å². The first-order chi connectivity index (χ1) is 8.22. The van der Waals surface area contributed by atoms with E-state index in [2.05, 4.69) is 60.1 Å². The summed E-state index contributed by atoms with van der Waals surface area (Å²) in [7, 11) is 0. The Morgan fingerprint density at radius 1 is 1.29 bits per heavy atom. The summed E-state index contributed by atoms with van der Waals surface area (Å²) < 4.78 is 2.14. The molecule has 1 N–H and O–H groups in total. The van der Waals surface area contributed by atoms with Crippen molar-refractivity contribution in [3.8, 4) is 0 Å². The lowest BCUT2D eigenvalue weighted by molar-refractivity contribution is 0.406. The van der Waals surface area contributed by atoms with Gasteiger partial charge in [0.1, 0.15) is 0 Å². The summed E-state index contributed by atoms with van der Waals surface area (Å²) in [6.07, 6.45) is 3.04. The normalized spacial score (nSPS) is 13.4. The number of para-hydroxylation sites is 1. The number of hydrogen-bond donors (Lipinski definition) is 1. The molecule has 1 aromatic carbocycles. The lowest BCUT2D eigenvalue weighted by Crippen LogP contribution is -2.30. The third-order valence-electron chi connectivity index (χ3n) is 3.08. The number of nitrogens with zero attached hydrogens (tertiary/aromatic N) is 2. The highest BCUT2D eigenvalue weighted by Crippen LogP contribution is 2.19. The van der Waals surface area contributed by atoms with Gasteiger partial charge in [0.25, 0.3) is 0 Å². The zero-order valence-electron chi connectivity index (χ0n) is 10.9. The van der Waals surface area contributed by atoms with Crippen LogP contribution in [0.25, 0.3) is 10.9 Å². The van der Waals surface area contributed by atoms with Gasteiger partial charge in [0.15, 0.2) is 0 Å². The van der Waals surface area contributed by atoms with E-state index in [1.54, 1.807) is 0 Å². The summed E-state index contributed by atoms with van der Waals surface area (Å²) >= 11 is 0. The minimum Gasteiger partial charge on any atom is -0.312 e. The number of benzene rings is 1. The van der Waals surface area contributed by atoms with E-state index in [4.69, 9.17) is 0 Å². The largest absolute Gasteiger partial charge is 0.312 e. The van der Waals surface area contributed by atoms with Crippen molar-refractivity contribution in [2.75, 3.05) is 6.54 Å². The molecule has 1 heterocycles.